The van der Waals surface area contributed by atoms with Crippen molar-refractivity contribution < 1.29 is 18.0 Å². The fourth-order valence-corrected chi connectivity index (χ4v) is 2.20. The van der Waals surface area contributed by atoms with Crippen LogP contribution in [-0.2, 0) is 4.79 Å². The van der Waals surface area contributed by atoms with Crippen LogP contribution in [0.25, 0.3) is 0 Å². The van der Waals surface area contributed by atoms with E-state index in [1.165, 1.54) is 0 Å². The molecule has 1 amide bonds. The molecule has 1 rings (SSSR count). The standard InChI is InChI=1S/C12H21F3N2O/c1-8(2)16-11(18)9(3)17-6-4-5-10(7-17)12(13,14)15/h8-10H,4-7H2,1-3H3,(H,16,18). The molecule has 1 aliphatic heterocycles. The molecule has 3 nitrogen and oxygen atoms in total. The van der Waals surface area contributed by atoms with E-state index in [0.717, 1.165) is 0 Å². The van der Waals surface area contributed by atoms with Crippen molar-refractivity contribution in [2.75, 3.05) is 13.1 Å². The molecule has 1 N–H and O–H groups in total. The molecule has 0 spiro atoms. The predicted octanol–water partition coefficient (Wildman–Crippen LogP) is 2.17. The number of carbonyl (C=O) groups is 1. The predicted molar refractivity (Wildman–Crippen MR) is 63.1 cm³/mol. The van der Waals surface area contributed by atoms with E-state index in [4.69, 9.17) is 0 Å². The Morgan fingerprint density at radius 3 is 2.44 bits per heavy atom. The highest BCUT2D eigenvalue weighted by molar-refractivity contribution is 5.81. The van der Waals surface area contributed by atoms with Gasteiger partial charge in [-0.1, -0.05) is 0 Å². The largest absolute Gasteiger partial charge is 0.393 e. The number of carbonyl (C=O) groups excluding carboxylic acids is 1. The molecule has 1 aliphatic rings. The number of nitrogens with zero attached hydrogens (tertiary/aromatic N) is 1. The van der Waals surface area contributed by atoms with Gasteiger partial charge < -0.3 is 5.32 Å². The molecule has 18 heavy (non-hydrogen) atoms. The number of amides is 1. The van der Waals surface area contributed by atoms with Crippen LogP contribution in [0.2, 0.25) is 0 Å². The second-order valence-electron chi connectivity index (χ2n) is 5.21. The number of hydrogen-bond acceptors (Lipinski definition) is 2. The van der Waals surface area contributed by atoms with Gasteiger partial charge in [-0.15, -0.1) is 0 Å². The van der Waals surface area contributed by atoms with Crippen LogP contribution in [-0.4, -0.2) is 42.2 Å². The van der Waals surface area contributed by atoms with Crippen LogP contribution in [0.4, 0.5) is 13.2 Å². The third-order valence-corrected chi connectivity index (χ3v) is 3.27. The first-order chi connectivity index (χ1) is 8.21. The average molecular weight is 266 g/mol. The highest BCUT2D eigenvalue weighted by Gasteiger charge is 2.43. The Morgan fingerprint density at radius 1 is 1.33 bits per heavy atom. The molecule has 0 aromatic rings. The van der Waals surface area contributed by atoms with E-state index in [-0.39, 0.29) is 24.9 Å². The third-order valence-electron chi connectivity index (χ3n) is 3.27. The molecule has 0 aromatic carbocycles. The zero-order valence-electron chi connectivity index (χ0n) is 11.0. The van der Waals surface area contributed by atoms with Crippen LogP contribution in [0.1, 0.15) is 33.6 Å². The Bertz CT molecular complexity index is 292. The number of alkyl halides is 3. The van der Waals surface area contributed by atoms with Crippen molar-refractivity contribution >= 4 is 5.91 Å². The van der Waals surface area contributed by atoms with Crippen molar-refractivity contribution in [1.29, 1.82) is 0 Å². The van der Waals surface area contributed by atoms with Crippen molar-refractivity contribution in [3.05, 3.63) is 0 Å². The molecule has 0 aliphatic carbocycles. The molecule has 0 bridgehead atoms. The third kappa shape index (κ3) is 4.15. The Hall–Kier alpha value is -0.780. The minimum Gasteiger partial charge on any atom is -0.353 e. The molecule has 2 atom stereocenters. The lowest BCUT2D eigenvalue weighted by atomic mass is 9.96. The second kappa shape index (κ2) is 5.91. The minimum atomic E-state index is -4.16. The Balaban J connectivity index is 2.58. The molecular formula is C12H21F3N2O. The van der Waals surface area contributed by atoms with Crippen molar-refractivity contribution in [3.63, 3.8) is 0 Å². The molecule has 1 heterocycles. The molecule has 1 fully saturated rings. The quantitative estimate of drug-likeness (QED) is 0.849. The smallest absolute Gasteiger partial charge is 0.353 e. The molecule has 2 unspecified atom stereocenters. The summed E-state index contributed by atoms with van der Waals surface area (Å²) in [5.74, 6) is -1.51. The monoisotopic (exact) mass is 266 g/mol. The first-order valence-electron chi connectivity index (χ1n) is 6.33. The number of hydrogen-bond donors (Lipinski definition) is 1. The van der Waals surface area contributed by atoms with Gasteiger partial charge >= 0.3 is 6.18 Å². The molecule has 0 radical (unpaired) electrons. The Labute approximate surface area is 106 Å². The molecule has 106 valence electrons. The van der Waals surface area contributed by atoms with Crippen LogP contribution < -0.4 is 5.32 Å². The van der Waals surface area contributed by atoms with Crippen LogP contribution in [0.5, 0.6) is 0 Å². The fraction of sp³-hybridized carbons (Fsp3) is 0.917. The van der Waals surface area contributed by atoms with E-state index in [1.807, 2.05) is 13.8 Å². The molecular weight excluding hydrogens is 245 g/mol. The lowest BCUT2D eigenvalue weighted by Gasteiger charge is -2.36. The van der Waals surface area contributed by atoms with Gasteiger partial charge in [-0.3, -0.25) is 9.69 Å². The van der Waals surface area contributed by atoms with Gasteiger partial charge in [-0.05, 0) is 40.2 Å². The highest BCUT2D eigenvalue weighted by atomic mass is 19.4. The number of halogens is 3. The van der Waals surface area contributed by atoms with Crippen molar-refractivity contribution in [2.24, 2.45) is 5.92 Å². The highest BCUT2D eigenvalue weighted by Crippen LogP contribution is 2.33. The van der Waals surface area contributed by atoms with Crippen LogP contribution in [0.3, 0.4) is 0 Å². The van der Waals surface area contributed by atoms with E-state index in [9.17, 15) is 18.0 Å². The lowest BCUT2D eigenvalue weighted by molar-refractivity contribution is -0.189. The SMILES string of the molecule is CC(C)NC(=O)C(C)N1CCCC(C(F)(F)F)C1. The maximum atomic E-state index is 12.7. The first kappa shape index (κ1) is 15.3. The normalized spacial score (nSPS) is 24.1. The molecule has 0 saturated carbocycles. The molecule has 1 saturated heterocycles. The van der Waals surface area contributed by atoms with Gasteiger partial charge in [0.05, 0.1) is 12.0 Å². The summed E-state index contributed by atoms with van der Waals surface area (Å²) in [6, 6.07) is -0.499. The topological polar surface area (TPSA) is 32.3 Å². The van der Waals surface area contributed by atoms with E-state index in [2.05, 4.69) is 5.32 Å². The molecule has 6 heteroatoms. The van der Waals surface area contributed by atoms with Gasteiger partial charge in [-0.25, -0.2) is 0 Å². The van der Waals surface area contributed by atoms with Crippen LogP contribution in [0, 0.1) is 5.92 Å². The summed E-state index contributed by atoms with van der Waals surface area (Å²) in [5, 5.41) is 2.73. The summed E-state index contributed by atoms with van der Waals surface area (Å²) in [4.78, 5) is 13.4. The Morgan fingerprint density at radius 2 is 1.94 bits per heavy atom. The van der Waals surface area contributed by atoms with Gasteiger partial charge in [0, 0.05) is 12.6 Å². The first-order valence-corrected chi connectivity index (χ1v) is 6.33. The van der Waals surface area contributed by atoms with E-state index in [1.54, 1.807) is 11.8 Å². The fourth-order valence-electron chi connectivity index (χ4n) is 2.20. The summed E-state index contributed by atoms with van der Waals surface area (Å²) in [6.07, 6.45) is -3.51. The lowest BCUT2D eigenvalue weighted by Crippen LogP contribution is -2.52. The second-order valence-corrected chi connectivity index (χ2v) is 5.21. The number of piperidine rings is 1. The van der Waals surface area contributed by atoms with E-state index in [0.29, 0.717) is 13.0 Å². The van der Waals surface area contributed by atoms with Gasteiger partial charge in [-0.2, -0.15) is 13.2 Å². The van der Waals surface area contributed by atoms with Gasteiger partial charge in [0.1, 0.15) is 0 Å². The van der Waals surface area contributed by atoms with Gasteiger partial charge in [0.15, 0.2) is 0 Å². The Kier molecular flexibility index (Phi) is 5.01. The van der Waals surface area contributed by atoms with Gasteiger partial charge in [0.2, 0.25) is 5.91 Å². The van der Waals surface area contributed by atoms with Crippen LogP contribution >= 0.6 is 0 Å². The zero-order valence-corrected chi connectivity index (χ0v) is 11.0. The number of rotatable bonds is 3. The summed E-state index contributed by atoms with van der Waals surface area (Å²) < 4.78 is 38.0. The van der Waals surface area contributed by atoms with Crippen LogP contribution in [0.15, 0.2) is 0 Å². The van der Waals surface area contributed by atoms with Crippen molar-refractivity contribution in [2.45, 2.75) is 51.9 Å². The number of likely N-dealkylation sites (tertiary alicyclic amines) is 1. The molecule has 0 aromatic heterocycles. The average Bonchev–Trinajstić information content (AvgIpc) is 2.26. The van der Waals surface area contributed by atoms with Crippen molar-refractivity contribution in [3.8, 4) is 0 Å². The minimum absolute atomic E-state index is 0.00292. The van der Waals surface area contributed by atoms with Crippen molar-refractivity contribution in [1.82, 2.24) is 10.2 Å². The summed E-state index contributed by atoms with van der Waals surface area (Å²) in [5.41, 5.74) is 0. The van der Waals surface area contributed by atoms with E-state index >= 15 is 0 Å². The summed E-state index contributed by atoms with van der Waals surface area (Å²) in [7, 11) is 0. The summed E-state index contributed by atoms with van der Waals surface area (Å²) in [6.45, 7) is 5.81. The number of nitrogens with one attached hydrogen (secondary N) is 1. The van der Waals surface area contributed by atoms with Gasteiger partial charge in [0.25, 0.3) is 0 Å². The maximum Gasteiger partial charge on any atom is 0.393 e. The van der Waals surface area contributed by atoms with E-state index < -0.39 is 18.1 Å². The zero-order chi connectivity index (χ0) is 13.9. The summed E-state index contributed by atoms with van der Waals surface area (Å²) >= 11 is 0. The maximum absolute atomic E-state index is 12.7.